The van der Waals surface area contributed by atoms with Crippen LogP contribution in [0.15, 0.2) is 76.6 Å². The van der Waals surface area contributed by atoms with Crippen LogP contribution in [0.5, 0.6) is 11.5 Å². The number of hydrogen-bond acceptors (Lipinski definition) is 7. The van der Waals surface area contributed by atoms with Gasteiger partial charge in [-0.25, -0.2) is 4.39 Å². The van der Waals surface area contributed by atoms with Gasteiger partial charge in [0.1, 0.15) is 12.4 Å². The summed E-state index contributed by atoms with van der Waals surface area (Å²) >= 11 is 2.87. The molecule has 224 valence electrons. The molecular formula is C34H29FN2O5S2. The first-order chi connectivity index (χ1) is 21.3. The third-order valence-corrected chi connectivity index (χ3v) is 12.6. The van der Waals surface area contributed by atoms with Crippen molar-refractivity contribution in [3.05, 3.63) is 104 Å². The summed E-state index contributed by atoms with van der Waals surface area (Å²) in [5.74, 6) is -0.542. The number of ether oxygens (including phenoxy) is 2. The van der Waals surface area contributed by atoms with Crippen molar-refractivity contribution in [2.24, 2.45) is 29.6 Å². The summed E-state index contributed by atoms with van der Waals surface area (Å²) in [5.41, 5.74) is 3.65. The van der Waals surface area contributed by atoms with Gasteiger partial charge in [0.25, 0.3) is 0 Å². The minimum atomic E-state index is -0.433. The molecule has 2 bridgehead atoms. The largest absolute Gasteiger partial charge is 0.493 e. The van der Waals surface area contributed by atoms with Crippen LogP contribution in [0.2, 0.25) is 0 Å². The summed E-state index contributed by atoms with van der Waals surface area (Å²) < 4.78 is 25.7. The smallest absolute Gasteiger partial charge is 0.305 e. The third kappa shape index (κ3) is 4.10. The van der Waals surface area contributed by atoms with Crippen LogP contribution in [0.25, 0.3) is 0 Å². The van der Waals surface area contributed by atoms with Gasteiger partial charge in [-0.1, -0.05) is 41.7 Å². The Balaban J connectivity index is 1.15. The molecule has 3 heterocycles. The quantitative estimate of drug-likeness (QED) is 0.258. The minimum Gasteiger partial charge on any atom is -0.493 e. The van der Waals surface area contributed by atoms with Crippen LogP contribution < -0.4 is 19.2 Å². The molecule has 8 rings (SSSR count). The van der Waals surface area contributed by atoms with Gasteiger partial charge < -0.3 is 14.5 Å². The lowest BCUT2D eigenvalue weighted by molar-refractivity contribution is -0.123. The number of rotatable bonds is 6. The molecule has 4 aliphatic rings. The van der Waals surface area contributed by atoms with E-state index in [9.17, 15) is 18.8 Å². The Kier molecular flexibility index (Phi) is 6.50. The molecule has 1 N–H and O–H groups in total. The lowest BCUT2D eigenvalue weighted by atomic mass is 9.68. The number of carbonyl (C=O) groups excluding carboxylic acids is 2. The van der Waals surface area contributed by atoms with Gasteiger partial charge in [0, 0.05) is 16.0 Å². The minimum absolute atomic E-state index is 0.000403. The fraction of sp³-hybridized carbons (Fsp3) is 0.324. The molecule has 1 saturated heterocycles. The first-order valence-corrected chi connectivity index (χ1v) is 16.4. The van der Waals surface area contributed by atoms with Gasteiger partial charge >= 0.3 is 4.87 Å². The highest BCUT2D eigenvalue weighted by Crippen LogP contribution is 2.68. The maximum absolute atomic E-state index is 13.9. The number of nitrogens with zero attached hydrogens (tertiary/aromatic N) is 1. The van der Waals surface area contributed by atoms with Crippen LogP contribution in [0.4, 0.5) is 10.1 Å². The van der Waals surface area contributed by atoms with Gasteiger partial charge in [0.15, 0.2) is 11.5 Å². The number of fused-ring (bicyclic) bond motifs is 9. The standard InChI is InChI=1S/C34H29FN2O5S2/c1-16-5-3-4-6-18(16)15-42-23-12-7-17(13-24(23)41-2)25-26-21-14-22(29(26)43-31-30(25)44-34(40)36-31)28-27(21)32(38)37(33(28)39)20-10-8-19(35)9-11-20/h3-13,21-22,25-29H,14-15H2,1-2H3,(H,36,40)/t21-,22-,25?,26?,27?,28?,29?/m1/s1. The third-order valence-electron chi connectivity index (χ3n) is 10.00. The zero-order chi connectivity index (χ0) is 30.3. The Labute approximate surface area is 261 Å². The molecule has 4 aromatic rings. The number of hydrogen-bond donors (Lipinski definition) is 1. The lowest BCUT2D eigenvalue weighted by Crippen LogP contribution is -2.42. The van der Waals surface area contributed by atoms with Crippen LogP contribution in [-0.4, -0.2) is 29.2 Å². The van der Waals surface area contributed by atoms with Gasteiger partial charge in [-0.15, -0.1) is 11.8 Å². The molecule has 3 aromatic carbocycles. The van der Waals surface area contributed by atoms with Crippen molar-refractivity contribution >= 4 is 40.6 Å². The van der Waals surface area contributed by atoms with Gasteiger partial charge in [-0.05, 0) is 84.2 Å². The topological polar surface area (TPSA) is 88.7 Å². The molecule has 0 radical (unpaired) electrons. The average molecular weight is 629 g/mol. The highest BCUT2D eigenvalue weighted by Gasteiger charge is 2.69. The molecule has 10 heteroatoms. The number of nitrogens with one attached hydrogen (secondary N) is 1. The van der Waals surface area contributed by atoms with Crippen LogP contribution in [0.3, 0.4) is 0 Å². The molecule has 2 aliphatic heterocycles. The number of aromatic amines is 1. The number of thioether (sulfide) groups is 1. The van der Waals surface area contributed by atoms with E-state index in [1.807, 2.05) is 36.4 Å². The number of methoxy groups -OCH3 is 1. The predicted octanol–water partition coefficient (Wildman–Crippen LogP) is 6.15. The van der Waals surface area contributed by atoms with E-state index < -0.39 is 17.7 Å². The zero-order valence-corrected chi connectivity index (χ0v) is 25.6. The Bertz CT molecular complexity index is 1870. The number of halogens is 1. The number of carbonyl (C=O) groups is 2. The Morgan fingerprint density at radius 1 is 0.955 bits per heavy atom. The molecule has 2 aliphatic carbocycles. The molecule has 5 unspecified atom stereocenters. The van der Waals surface area contributed by atoms with E-state index in [-0.39, 0.29) is 45.6 Å². The molecule has 2 saturated carbocycles. The van der Waals surface area contributed by atoms with E-state index in [2.05, 4.69) is 18.0 Å². The first-order valence-electron chi connectivity index (χ1n) is 14.7. The van der Waals surface area contributed by atoms with Crippen molar-refractivity contribution in [2.45, 2.75) is 36.1 Å². The van der Waals surface area contributed by atoms with E-state index >= 15 is 0 Å². The van der Waals surface area contributed by atoms with Crippen molar-refractivity contribution in [3.8, 4) is 11.5 Å². The predicted molar refractivity (Wildman–Crippen MR) is 166 cm³/mol. The number of thiazole rings is 1. The van der Waals surface area contributed by atoms with E-state index in [1.165, 1.54) is 40.5 Å². The molecule has 7 atom stereocenters. The first kappa shape index (κ1) is 27.6. The Morgan fingerprint density at radius 3 is 2.45 bits per heavy atom. The highest BCUT2D eigenvalue weighted by molar-refractivity contribution is 8.00. The van der Waals surface area contributed by atoms with E-state index in [0.29, 0.717) is 23.8 Å². The second-order valence-corrected chi connectivity index (χ2v) is 14.3. The number of amides is 2. The molecule has 1 aromatic heterocycles. The SMILES string of the molecule is COc1cc(C2c3sc(=O)[nH]c3SC3C2[C@H]2C[C@@H]3C3C(=O)N(c4ccc(F)cc4)C(=O)C32)ccc1OCc1ccccc1C. The summed E-state index contributed by atoms with van der Waals surface area (Å²) in [6.45, 7) is 2.46. The van der Waals surface area contributed by atoms with E-state index in [0.717, 1.165) is 33.0 Å². The second kappa shape index (κ2) is 10.3. The summed E-state index contributed by atoms with van der Waals surface area (Å²) in [7, 11) is 1.62. The number of aryl methyl sites for hydroxylation is 1. The number of aromatic nitrogens is 1. The number of anilines is 1. The number of benzene rings is 3. The van der Waals surface area contributed by atoms with E-state index in [1.54, 1.807) is 18.9 Å². The number of H-pyrrole nitrogens is 1. The molecule has 44 heavy (non-hydrogen) atoms. The van der Waals surface area contributed by atoms with Crippen LogP contribution >= 0.6 is 23.1 Å². The maximum Gasteiger partial charge on any atom is 0.305 e. The van der Waals surface area contributed by atoms with Gasteiger partial charge in [-0.3, -0.25) is 19.3 Å². The Hall–Kier alpha value is -3.89. The number of imide groups is 1. The van der Waals surface area contributed by atoms with Crippen LogP contribution in [0.1, 0.15) is 33.9 Å². The van der Waals surface area contributed by atoms with Crippen molar-refractivity contribution in [3.63, 3.8) is 0 Å². The summed E-state index contributed by atoms with van der Waals surface area (Å²) in [5, 5.41) is 0.915. The van der Waals surface area contributed by atoms with Gasteiger partial charge in [0.2, 0.25) is 11.8 Å². The van der Waals surface area contributed by atoms with Crippen molar-refractivity contribution < 1.29 is 23.5 Å². The normalized spacial score (nSPS) is 28.2. The monoisotopic (exact) mass is 628 g/mol. The second-order valence-electron chi connectivity index (χ2n) is 12.1. The summed E-state index contributed by atoms with van der Waals surface area (Å²) in [4.78, 5) is 45.5. The van der Waals surface area contributed by atoms with Gasteiger partial charge in [0.05, 0.1) is 29.7 Å². The van der Waals surface area contributed by atoms with Crippen molar-refractivity contribution in [1.82, 2.24) is 4.98 Å². The lowest BCUT2D eigenvalue weighted by Gasteiger charge is -2.43. The fourth-order valence-electron chi connectivity index (χ4n) is 8.16. The molecule has 0 spiro atoms. The van der Waals surface area contributed by atoms with Crippen LogP contribution in [-0.2, 0) is 16.2 Å². The van der Waals surface area contributed by atoms with Crippen LogP contribution in [0, 0.1) is 42.3 Å². The molecule has 7 nitrogen and oxygen atoms in total. The van der Waals surface area contributed by atoms with Gasteiger partial charge in [-0.2, -0.15) is 0 Å². The van der Waals surface area contributed by atoms with E-state index in [4.69, 9.17) is 9.47 Å². The highest BCUT2D eigenvalue weighted by atomic mass is 32.2. The average Bonchev–Trinajstić information content (AvgIpc) is 3.76. The molecular weight excluding hydrogens is 600 g/mol. The van der Waals surface area contributed by atoms with Crippen molar-refractivity contribution in [1.29, 1.82) is 0 Å². The summed E-state index contributed by atoms with van der Waals surface area (Å²) in [6.07, 6.45) is 0.789. The maximum atomic E-state index is 13.9. The zero-order valence-electron chi connectivity index (χ0n) is 24.0. The van der Waals surface area contributed by atoms with Crippen molar-refractivity contribution in [2.75, 3.05) is 12.0 Å². The molecule has 3 fully saturated rings. The molecule has 2 amide bonds. The summed E-state index contributed by atoms with van der Waals surface area (Å²) in [6, 6.07) is 19.6. The Morgan fingerprint density at radius 2 is 1.70 bits per heavy atom. The fourth-order valence-corrected chi connectivity index (χ4v) is 11.0.